The van der Waals surface area contributed by atoms with Crippen molar-refractivity contribution in [3.63, 3.8) is 0 Å². The van der Waals surface area contributed by atoms with E-state index >= 15 is 0 Å². The van der Waals surface area contributed by atoms with Crippen molar-refractivity contribution in [2.75, 3.05) is 19.7 Å². The van der Waals surface area contributed by atoms with Gasteiger partial charge in [0.05, 0.1) is 17.7 Å². The molecule has 7 heteroatoms. The lowest BCUT2D eigenvalue weighted by Crippen LogP contribution is -2.47. The van der Waals surface area contributed by atoms with Gasteiger partial charge >= 0.3 is 0 Å². The Morgan fingerprint density at radius 3 is 2.72 bits per heavy atom. The number of nitrogens with one attached hydrogen (secondary N) is 1. The molecule has 0 aromatic heterocycles. The highest BCUT2D eigenvalue weighted by molar-refractivity contribution is 6.32. The summed E-state index contributed by atoms with van der Waals surface area (Å²) in [6.07, 6.45) is 4.48. The lowest BCUT2D eigenvalue weighted by Gasteiger charge is -2.38. The Balaban J connectivity index is 1.85. The van der Waals surface area contributed by atoms with Gasteiger partial charge in [-0.25, -0.2) is 4.39 Å². The number of carbonyl (C=O) groups excluding carboxylic acids is 2. The topological polar surface area (TPSA) is 69.6 Å². The molecule has 1 aliphatic carbocycles. The van der Waals surface area contributed by atoms with E-state index in [0.29, 0.717) is 23.6 Å². The Morgan fingerprint density at radius 1 is 1.41 bits per heavy atom. The van der Waals surface area contributed by atoms with Crippen LogP contribution in [0.2, 0.25) is 5.02 Å². The number of aryl methyl sites for hydroxylation is 1. The normalized spacial score (nSPS) is 22.6. The molecule has 29 heavy (non-hydrogen) atoms. The minimum atomic E-state index is -0.532. The highest BCUT2D eigenvalue weighted by atomic mass is 35.5. The SMILES string of the molecule is Cc1ccc(F)c(C(NC(=O)C2CCN(CCO)C(=O)C2)C2(C)CCCC2)c1Cl. The van der Waals surface area contributed by atoms with Crippen molar-refractivity contribution < 1.29 is 19.1 Å². The van der Waals surface area contributed by atoms with Gasteiger partial charge in [0.1, 0.15) is 5.82 Å². The molecule has 2 N–H and O–H groups in total. The molecular weight excluding hydrogens is 395 g/mol. The van der Waals surface area contributed by atoms with Crippen molar-refractivity contribution >= 4 is 23.4 Å². The van der Waals surface area contributed by atoms with Gasteiger partial charge in [-0.3, -0.25) is 9.59 Å². The molecule has 2 atom stereocenters. The predicted molar refractivity (Wildman–Crippen MR) is 110 cm³/mol. The molecule has 1 aliphatic heterocycles. The number of amides is 2. The summed E-state index contributed by atoms with van der Waals surface area (Å²) in [6, 6.07) is 2.52. The van der Waals surface area contributed by atoms with E-state index in [1.54, 1.807) is 11.0 Å². The summed E-state index contributed by atoms with van der Waals surface area (Å²) in [4.78, 5) is 27.0. The van der Waals surface area contributed by atoms with Gasteiger partial charge in [0.25, 0.3) is 0 Å². The number of rotatable bonds is 6. The second-order valence-electron chi connectivity index (χ2n) is 8.69. The summed E-state index contributed by atoms with van der Waals surface area (Å²) in [7, 11) is 0. The van der Waals surface area contributed by atoms with Crippen molar-refractivity contribution in [1.82, 2.24) is 10.2 Å². The van der Waals surface area contributed by atoms with Crippen molar-refractivity contribution in [3.8, 4) is 0 Å². The van der Waals surface area contributed by atoms with E-state index in [1.807, 2.05) is 6.92 Å². The number of aliphatic hydroxyl groups excluding tert-OH is 1. The average Bonchev–Trinajstić information content (AvgIpc) is 3.13. The fraction of sp³-hybridized carbons (Fsp3) is 0.636. The number of hydrogen-bond donors (Lipinski definition) is 2. The van der Waals surface area contributed by atoms with Crippen LogP contribution >= 0.6 is 11.6 Å². The smallest absolute Gasteiger partial charge is 0.224 e. The number of hydrogen-bond acceptors (Lipinski definition) is 3. The Labute approximate surface area is 176 Å². The zero-order valence-corrected chi connectivity index (χ0v) is 17.9. The fourth-order valence-corrected chi connectivity index (χ4v) is 4.99. The molecule has 2 aliphatic rings. The first-order valence-electron chi connectivity index (χ1n) is 10.4. The van der Waals surface area contributed by atoms with Crippen LogP contribution in [0.3, 0.4) is 0 Å². The maximum atomic E-state index is 14.9. The molecule has 2 unspecified atom stereocenters. The maximum Gasteiger partial charge on any atom is 0.224 e. The van der Waals surface area contributed by atoms with Crippen LogP contribution in [0, 0.1) is 24.1 Å². The highest BCUT2D eigenvalue weighted by Gasteiger charge is 2.42. The van der Waals surface area contributed by atoms with Gasteiger partial charge in [-0.15, -0.1) is 0 Å². The first-order chi connectivity index (χ1) is 13.8. The van der Waals surface area contributed by atoms with Gasteiger partial charge in [-0.05, 0) is 43.2 Å². The minimum Gasteiger partial charge on any atom is -0.395 e. The van der Waals surface area contributed by atoms with E-state index in [4.69, 9.17) is 16.7 Å². The van der Waals surface area contributed by atoms with E-state index in [9.17, 15) is 14.0 Å². The van der Waals surface area contributed by atoms with Crippen LogP contribution in [-0.2, 0) is 9.59 Å². The number of aliphatic hydroxyl groups is 1. The van der Waals surface area contributed by atoms with Crippen LogP contribution in [0.4, 0.5) is 4.39 Å². The number of halogens is 2. The lowest BCUT2D eigenvalue weighted by atomic mass is 9.76. The molecule has 0 spiro atoms. The van der Waals surface area contributed by atoms with Gasteiger partial charge in [0.2, 0.25) is 11.8 Å². The largest absolute Gasteiger partial charge is 0.395 e. The fourth-order valence-electron chi connectivity index (χ4n) is 4.73. The molecule has 1 aromatic carbocycles. The first-order valence-corrected chi connectivity index (χ1v) is 10.8. The number of carbonyl (C=O) groups is 2. The number of nitrogens with zero attached hydrogens (tertiary/aromatic N) is 1. The van der Waals surface area contributed by atoms with Crippen molar-refractivity contribution in [2.24, 2.45) is 11.3 Å². The van der Waals surface area contributed by atoms with Crippen molar-refractivity contribution in [3.05, 3.63) is 34.1 Å². The number of β-amino-alcohol motifs (C(OH)–C–C–N with tert-alkyl or cyclic N) is 1. The Bertz CT molecular complexity index is 780. The summed E-state index contributed by atoms with van der Waals surface area (Å²) in [5.74, 6) is -1.21. The van der Waals surface area contributed by atoms with Crippen LogP contribution in [0.15, 0.2) is 12.1 Å². The molecule has 2 fully saturated rings. The molecular formula is C22H30ClFN2O3. The molecule has 160 valence electrons. The molecule has 1 saturated carbocycles. The molecule has 0 bridgehead atoms. The summed E-state index contributed by atoms with van der Waals surface area (Å²) >= 11 is 6.50. The molecule has 1 aromatic rings. The number of piperidine rings is 1. The van der Waals surface area contributed by atoms with Crippen LogP contribution in [0.25, 0.3) is 0 Å². The molecule has 5 nitrogen and oxygen atoms in total. The van der Waals surface area contributed by atoms with Crippen LogP contribution < -0.4 is 5.32 Å². The van der Waals surface area contributed by atoms with Gasteiger partial charge in [-0.1, -0.05) is 37.4 Å². The Morgan fingerprint density at radius 2 is 2.10 bits per heavy atom. The molecule has 3 rings (SSSR count). The van der Waals surface area contributed by atoms with E-state index in [1.165, 1.54) is 6.07 Å². The minimum absolute atomic E-state index is 0.0891. The summed E-state index contributed by atoms with van der Waals surface area (Å²) in [6.45, 7) is 4.56. The van der Waals surface area contributed by atoms with Gasteiger partial charge < -0.3 is 15.3 Å². The van der Waals surface area contributed by atoms with E-state index in [0.717, 1.165) is 31.2 Å². The average molecular weight is 425 g/mol. The Kier molecular flexibility index (Phi) is 6.84. The predicted octanol–water partition coefficient (Wildman–Crippen LogP) is 3.76. The van der Waals surface area contributed by atoms with Gasteiger partial charge in [0, 0.05) is 31.0 Å². The number of likely N-dealkylation sites (tertiary alicyclic amines) is 1. The summed E-state index contributed by atoms with van der Waals surface area (Å²) in [5, 5.41) is 12.5. The quantitative estimate of drug-likeness (QED) is 0.730. The van der Waals surface area contributed by atoms with Crippen molar-refractivity contribution in [2.45, 2.75) is 58.4 Å². The molecule has 0 radical (unpaired) electrons. The third-order valence-corrected chi connectivity index (χ3v) is 7.10. The monoisotopic (exact) mass is 424 g/mol. The summed E-state index contributed by atoms with van der Waals surface area (Å²) in [5.41, 5.74) is 0.847. The van der Waals surface area contributed by atoms with Crippen molar-refractivity contribution in [1.29, 1.82) is 0 Å². The highest BCUT2D eigenvalue weighted by Crippen LogP contribution is 2.49. The Hall–Kier alpha value is -1.66. The third kappa shape index (κ3) is 4.58. The van der Waals surface area contributed by atoms with E-state index < -0.39 is 17.8 Å². The van der Waals surface area contributed by atoms with E-state index in [2.05, 4.69) is 12.2 Å². The van der Waals surface area contributed by atoms with Gasteiger partial charge in [-0.2, -0.15) is 0 Å². The zero-order valence-electron chi connectivity index (χ0n) is 17.1. The standard InChI is InChI=1S/C22H30ClFN2O3/c1-14-5-6-16(24)18(19(14)23)20(22(2)8-3-4-9-22)25-21(29)15-7-10-26(11-12-27)17(28)13-15/h5-6,15,20,27H,3-4,7-13H2,1-2H3,(H,25,29). The molecule has 1 saturated heterocycles. The van der Waals surface area contributed by atoms with Crippen LogP contribution in [-0.4, -0.2) is 41.5 Å². The zero-order chi connectivity index (χ0) is 21.2. The lowest BCUT2D eigenvalue weighted by molar-refractivity contribution is -0.141. The first kappa shape index (κ1) is 22.0. The molecule has 1 heterocycles. The van der Waals surface area contributed by atoms with E-state index in [-0.39, 0.29) is 36.8 Å². The third-order valence-electron chi connectivity index (χ3n) is 6.60. The second-order valence-corrected chi connectivity index (χ2v) is 9.07. The van der Waals surface area contributed by atoms with Crippen LogP contribution in [0.1, 0.15) is 62.6 Å². The molecule has 2 amide bonds. The van der Waals surface area contributed by atoms with Crippen LogP contribution in [0.5, 0.6) is 0 Å². The van der Waals surface area contributed by atoms with Gasteiger partial charge in [0.15, 0.2) is 0 Å². The maximum absolute atomic E-state index is 14.9. The number of benzene rings is 1. The second kappa shape index (κ2) is 9.00. The summed E-state index contributed by atoms with van der Waals surface area (Å²) < 4.78 is 14.9.